The van der Waals surface area contributed by atoms with Crippen LogP contribution in [0.1, 0.15) is 55.1 Å². The maximum absolute atomic E-state index is 12.6. The molecule has 3 heterocycles. The number of rotatable bonds is 7. The summed E-state index contributed by atoms with van der Waals surface area (Å²) in [5, 5.41) is 10.6. The fourth-order valence-electron chi connectivity index (χ4n) is 4.38. The van der Waals surface area contributed by atoms with Gasteiger partial charge in [-0.05, 0) is 37.5 Å². The van der Waals surface area contributed by atoms with Gasteiger partial charge in [-0.25, -0.2) is 4.79 Å². The Labute approximate surface area is 190 Å². The van der Waals surface area contributed by atoms with Gasteiger partial charge in [0, 0.05) is 36.7 Å². The van der Waals surface area contributed by atoms with Gasteiger partial charge in [0.05, 0.1) is 18.8 Å². The summed E-state index contributed by atoms with van der Waals surface area (Å²) in [7, 11) is 0. The number of aromatic nitrogens is 1. The van der Waals surface area contributed by atoms with Gasteiger partial charge in [-0.1, -0.05) is 6.92 Å². The Morgan fingerprint density at radius 1 is 1.12 bits per heavy atom. The second-order valence-corrected chi connectivity index (χ2v) is 8.10. The van der Waals surface area contributed by atoms with Crippen LogP contribution in [0.15, 0.2) is 29.2 Å². The number of phenolic OH excluding ortho intramolecular Hbond substituents is 1. The molecule has 0 saturated carbocycles. The highest BCUT2D eigenvalue weighted by Crippen LogP contribution is 2.41. The van der Waals surface area contributed by atoms with Gasteiger partial charge in [0.15, 0.2) is 16.9 Å². The van der Waals surface area contributed by atoms with E-state index in [1.165, 1.54) is 23.2 Å². The van der Waals surface area contributed by atoms with E-state index in [-0.39, 0.29) is 67.5 Å². The molecule has 1 fully saturated rings. The van der Waals surface area contributed by atoms with Crippen LogP contribution in [0.5, 0.6) is 11.5 Å². The number of carbonyl (C=O) groups is 3. The Balaban J connectivity index is 1.62. The Morgan fingerprint density at radius 3 is 2.52 bits per heavy atom. The molecule has 0 radical (unpaired) electrons. The largest absolute Gasteiger partial charge is 0.504 e. The van der Waals surface area contributed by atoms with E-state index in [0.29, 0.717) is 17.7 Å². The number of carbonyl (C=O) groups excluding carboxylic acids is 3. The SMILES string of the molecule is CCOC(=O)c1cn2c(cc1=O)-c1cc(O)c(OCCN3C(=O)CCC3=O)cc1CC2CC. The molecule has 2 amide bonds. The van der Waals surface area contributed by atoms with Crippen LogP contribution in [0.2, 0.25) is 0 Å². The molecular formula is C24H26N2O7. The standard InChI is InChI=1S/C24H26N2O7/c1-3-15-9-14-10-21(33-8-7-25-22(29)5-6-23(25)30)20(28)11-16(14)18-12-19(27)17(13-26(15)18)24(31)32-4-2/h10-13,15,28H,3-9H2,1-2H3. The zero-order valence-electron chi connectivity index (χ0n) is 18.6. The molecule has 2 aliphatic heterocycles. The van der Waals surface area contributed by atoms with Crippen LogP contribution in [0.4, 0.5) is 0 Å². The van der Waals surface area contributed by atoms with Crippen molar-refractivity contribution < 1.29 is 29.0 Å². The number of amides is 2. The quantitative estimate of drug-likeness (QED) is 0.505. The molecule has 1 aromatic heterocycles. The summed E-state index contributed by atoms with van der Waals surface area (Å²) in [6.07, 6.45) is 3.35. The van der Waals surface area contributed by atoms with Crippen molar-refractivity contribution in [1.29, 1.82) is 0 Å². The van der Waals surface area contributed by atoms with Gasteiger partial charge in [-0.3, -0.25) is 19.3 Å². The van der Waals surface area contributed by atoms with E-state index in [0.717, 1.165) is 12.0 Å². The molecule has 2 aromatic rings. The van der Waals surface area contributed by atoms with Crippen molar-refractivity contribution in [3.63, 3.8) is 0 Å². The van der Waals surface area contributed by atoms with E-state index >= 15 is 0 Å². The van der Waals surface area contributed by atoms with E-state index < -0.39 is 11.4 Å². The number of ether oxygens (including phenoxy) is 2. The lowest BCUT2D eigenvalue weighted by Gasteiger charge is -2.30. The number of nitrogens with zero attached hydrogens (tertiary/aromatic N) is 2. The predicted octanol–water partition coefficient (Wildman–Crippen LogP) is 2.43. The average molecular weight is 454 g/mol. The van der Waals surface area contributed by atoms with Gasteiger partial charge in [0.2, 0.25) is 11.8 Å². The third-order valence-corrected chi connectivity index (χ3v) is 6.08. The Morgan fingerprint density at radius 2 is 1.85 bits per heavy atom. The molecule has 0 bridgehead atoms. The molecule has 1 saturated heterocycles. The number of imide groups is 1. The lowest BCUT2D eigenvalue weighted by molar-refractivity contribution is -0.138. The molecule has 4 rings (SSSR count). The third-order valence-electron chi connectivity index (χ3n) is 6.08. The first kappa shape index (κ1) is 22.6. The van der Waals surface area contributed by atoms with Crippen LogP contribution >= 0.6 is 0 Å². The minimum absolute atomic E-state index is 0.00138. The summed E-state index contributed by atoms with van der Waals surface area (Å²) >= 11 is 0. The maximum Gasteiger partial charge on any atom is 0.343 e. The lowest BCUT2D eigenvalue weighted by Crippen LogP contribution is -2.33. The monoisotopic (exact) mass is 454 g/mol. The first-order valence-corrected chi connectivity index (χ1v) is 11.1. The van der Waals surface area contributed by atoms with Gasteiger partial charge < -0.3 is 19.1 Å². The van der Waals surface area contributed by atoms with Crippen molar-refractivity contribution in [1.82, 2.24) is 9.47 Å². The summed E-state index contributed by atoms with van der Waals surface area (Å²) in [4.78, 5) is 49.5. The van der Waals surface area contributed by atoms with Gasteiger partial charge >= 0.3 is 5.97 Å². The summed E-state index contributed by atoms with van der Waals surface area (Å²) in [6, 6.07) is 4.67. The van der Waals surface area contributed by atoms with Crippen LogP contribution in [0.3, 0.4) is 0 Å². The fourth-order valence-corrected chi connectivity index (χ4v) is 4.38. The number of phenols is 1. The number of aromatic hydroxyl groups is 1. The van der Waals surface area contributed by atoms with E-state index in [1.54, 1.807) is 13.0 Å². The molecule has 1 unspecified atom stereocenters. The van der Waals surface area contributed by atoms with Crippen molar-refractivity contribution >= 4 is 17.8 Å². The lowest BCUT2D eigenvalue weighted by atomic mass is 9.90. The van der Waals surface area contributed by atoms with Crippen LogP contribution in [-0.4, -0.2) is 52.1 Å². The molecule has 0 spiro atoms. The Bertz CT molecular complexity index is 1170. The molecule has 1 aromatic carbocycles. The van der Waals surface area contributed by atoms with Crippen LogP contribution in [-0.2, 0) is 20.7 Å². The van der Waals surface area contributed by atoms with Gasteiger partial charge in [0.25, 0.3) is 0 Å². The topological polar surface area (TPSA) is 115 Å². The van der Waals surface area contributed by atoms with E-state index in [9.17, 15) is 24.3 Å². The van der Waals surface area contributed by atoms with Crippen molar-refractivity contribution in [2.45, 2.75) is 45.6 Å². The number of benzene rings is 1. The number of hydrogen-bond donors (Lipinski definition) is 1. The highest BCUT2D eigenvalue weighted by atomic mass is 16.5. The molecule has 174 valence electrons. The normalized spacial score (nSPS) is 17.0. The second-order valence-electron chi connectivity index (χ2n) is 8.10. The summed E-state index contributed by atoms with van der Waals surface area (Å²) in [6.45, 7) is 4.07. The van der Waals surface area contributed by atoms with E-state index in [4.69, 9.17) is 9.47 Å². The minimum atomic E-state index is -0.653. The summed E-state index contributed by atoms with van der Waals surface area (Å²) in [5.41, 5.74) is 1.73. The highest BCUT2D eigenvalue weighted by molar-refractivity contribution is 6.01. The molecule has 1 atom stereocenters. The molecular weight excluding hydrogens is 428 g/mol. The molecule has 9 heteroatoms. The van der Waals surface area contributed by atoms with Crippen molar-refractivity contribution in [3.8, 4) is 22.8 Å². The van der Waals surface area contributed by atoms with E-state index in [2.05, 4.69) is 0 Å². The summed E-state index contributed by atoms with van der Waals surface area (Å²) < 4.78 is 12.6. The number of hydrogen-bond acceptors (Lipinski definition) is 7. The van der Waals surface area contributed by atoms with Gasteiger partial charge in [-0.2, -0.15) is 0 Å². The van der Waals surface area contributed by atoms with Crippen LogP contribution < -0.4 is 10.2 Å². The molecule has 1 N–H and O–H groups in total. The molecule has 0 aliphatic carbocycles. The predicted molar refractivity (Wildman–Crippen MR) is 118 cm³/mol. The Kier molecular flexibility index (Phi) is 6.22. The average Bonchev–Trinajstić information content (AvgIpc) is 3.11. The number of fused-ring (bicyclic) bond motifs is 3. The highest BCUT2D eigenvalue weighted by Gasteiger charge is 2.29. The number of pyridine rings is 1. The zero-order valence-corrected chi connectivity index (χ0v) is 18.6. The molecule has 33 heavy (non-hydrogen) atoms. The van der Waals surface area contributed by atoms with Crippen LogP contribution in [0.25, 0.3) is 11.3 Å². The summed E-state index contributed by atoms with van der Waals surface area (Å²) in [5.74, 6) is -0.945. The first-order valence-electron chi connectivity index (χ1n) is 11.1. The number of likely N-dealkylation sites (tertiary alicyclic amines) is 1. The van der Waals surface area contributed by atoms with Gasteiger partial charge in [0.1, 0.15) is 12.2 Å². The third kappa shape index (κ3) is 4.22. The van der Waals surface area contributed by atoms with Crippen molar-refractivity contribution in [2.24, 2.45) is 0 Å². The van der Waals surface area contributed by atoms with Crippen molar-refractivity contribution in [3.05, 3.63) is 45.7 Å². The maximum atomic E-state index is 12.6. The molecule has 2 aliphatic rings. The van der Waals surface area contributed by atoms with E-state index in [1.807, 2.05) is 11.5 Å². The second kappa shape index (κ2) is 9.09. The van der Waals surface area contributed by atoms with Crippen LogP contribution in [0, 0.1) is 0 Å². The minimum Gasteiger partial charge on any atom is -0.504 e. The smallest absolute Gasteiger partial charge is 0.343 e. The van der Waals surface area contributed by atoms with Crippen molar-refractivity contribution in [2.75, 3.05) is 19.8 Å². The van der Waals surface area contributed by atoms with Gasteiger partial charge in [-0.15, -0.1) is 0 Å². The molecule has 9 nitrogen and oxygen atoms in total. The number of esters is 1. The fraction of sp³-hybridized carbons (Fsp3) is 0.417. The zero-order chi connectivity index (χ0) is 23.7. The Hall–Kier alpha value is -3.62. The first-order chi connectivity index (χ1) is 15.8.